The molecule has 1 saturated heterocycles. The lowest BCUT2D eigenvalue weighted by Gasteiger charge is -2.38. The van der Waals surface area contributed by atoms with Gasteiger partial charge < -0.3 is 10.4 Å². The number of carboxylic acid groups (broad SMARTS) is 1. The standard InChI is InChI=1S/C11H16N2O4/c1-10(2)6(5-7(14)15)3-4-11(10)8(16)12-9(17)13-11/h6H,3-5H2,1-2H3,(H,14,15)(H2,12,13,16,17)/t6-,11-/m1/s1. The van der Waals surface area contributed by atoms with Gasteiger partial charge in [0.1, 0.15) is 5.54 Å². The highest BCUT2D eigenvalue weighted by Crippen LogP contribution is 2.52. The summed E-state index contributed by atoms with van der Waals surface area (Å²) in [5.74, 6) is -1.31. The van der Waals surface area contributed by atoms with Crippen molar-refractivity contribution >= 4 is 17.9 Å². The maximum atomic E-state index is 11.9. The highest BCUT2D eigenvalue weighted by atomic mass is 16.4. The van der Waals surface area contributed by atoms with Gasteiger partial charge in [0.15, 0.2) is 0 Å². The summed E-state index contributed by atoms with van der Waals surface area (Å²) >= 11 is 0. The fourth-order valence-corrected chi connectivity index (χ4v) is 3.11. The third kappa shape index (κ3) is 1.50. The molecule has 2 fully saturated rings. The fraction of sp³-hybridized carbons (Fsp3) is 0.727. The molecule has 2 rings (SSSR count). The van der Waals surface area contributed by atoms with E-state index >= 15 is 0 Å². The molecule has 1 aliphatic carbocycles. The summed E-state index contributed by atoms with van der Waals surface area (Å²) in [6.07, 6.45) is 1.15. The number of rotatable bonds is 2. The summed E-state index contributed by atoms with van der Waals surface area (Å²) in [4.78, 5) is 34.0. The molecule has 2 aliphatic rings. The largest absolute Gasteiger partial charge is 0.481 e. The van der Waals surface area contributed by atoms with Crippen LogP contribution in [0.5, 0.6) is 0 Å². The van der Waals surface area contributed by atoms with Crippen molar-refractivity contribution in [1.82, 2.24) is 10.6 Å². The second-order valence-electron chi connectivity index (χ2n) is 5.37. The number of nitrogens with one attached hydrogen (secondary N) is 2. The Bertz CT molecular complexity index is 404. The van der Waals surface area contributed by atoms with Crippen LogP contribution in [0, 0.1) is 11.3 Å². The zero-order chi connectivity index (χ0) is 12.8. The highest BCUT2D eigenvalue weighted by Gasteiger charge is 2.62. The van der Waals surface area contributed by atoms with Gasteiger partial charge in [-0.2, -0.15) is 0 Å². The Morgan fingerprint density at radius 2 is 2.12 bits per heavy atom. The normalized spacial score (nSPS) is 34.8. The number of carbonyl (C=O) groups is 3. The summed E-state index contributed by atoms with van der Waals surface area (Å²) in [6, 6.07) is -0.487. The van der Waals surface area contributed by atoms with Gasteiger partial charge in [0.05, 0.1) is 0 Å². The zero-order valence-electron chi connectivity index (χ0n) is 9.87. The molecule has 0 radical (unpaired) electrons. The van der Waals surface area contributed by atoms with Crippen molar-refractivity contribution in [3.05, 3.63) is 0 Å². The number of urea groups is 1. The first-order valence-corrected chi connectivity index (χ1v) is 5.65. The quantitative estimate of drug-likeness (QED) is 0.611. The van der Waals surface area contributed by atoms with Gasteiger partial charge in [0.25, 0.3) is 5.91 Å². The highest BCUT2D eigenvalue weighted by molar-refractivity contribution is 6.07. The van der Waals surface area contributed by atoms with Crippen LogP contribution in [0.1, 0.15) is 33.1 Å². The van der Waals surface area contributed by atoms with Gasteiger partial charge in [-0.3, -0.25) is 14.9 Å². The van der Waals surface area contributed by atoms with E-state index in [-0.39, 0.29) is 18.2 Å². The number of carboxylic acids is 1. The van der Waals surface area contributed by atoms with E-state index in [9.17, 15) is 14.4 Å². The molecular weight excluding hydrogens is 224 g/mol. The average Bonchev–Trinajstić information content (AvgIpc) is 2.59. The number of amides is 3. The van der Waals surface area contributed by atoms with E-state index in [1.807, 2.05) is 13.8 Å². The molecule has 3 amide bonds. The minimum Gasteiger partial charge on any atom is -0.481 e. The minimum absolute atomic E-state index is 0.0257. The van der Waals surface area contributed by atoms with E-state index < -0.39 is 23.0 Å². The first-order valence-electron chi connectivity index (χ1n) is 5.65. The number of hydrogen-bond donors (Lipinski definition) is 3. The van der Waals surface area contributed by atoms with Crippen molar-refractivity contribution in [1.29, 1.82) is 0 Å². The molecule has 0 bridgehead atoms. The first kappa shape index (κ1) is 11.9. The SMILES string of the molecule is CC1(C)[C@@H](CC(=O)O)CC[C@]12NC(=O)NC2=O. The van der Waals surface area contributed by atoms with E-state index in [4.69, 9.17) is 5.11 Å². The lowest BCUT2D eigenvalue weighted by molar-refractivity contribution is -0.140. The Hall–Kier alpha value is -1.59. The van der Waals surface area contributed by atoms with Crippen molar-refractivity contribution in [2.75, 3.05) is 0 Å². The summed E-state index contributed by atoms with van der Waals surface area (Å²) in [6.45, 7) is 3.69. The maximum absolute atomic E-state index is 11.9. The summed E-state index contributed by atoms with van der Waals surface area (Å²) in [7, 11) is 0. The van der Waals surface area contributed by atoms with Crippen LogP contribution in [-0.4, -0.2) is 28.6 Å². The van der Waals surface area contributed by atoms with Crippen molar-refractivity contribution in [3.8, 4) is 0 Å². The molecule has 3 N–H and O–H groups in total. The molecule has 1 aliphatic heterocycles. The van der Waals surface area contributed by atoms with Crippen molar-refractivity contribution in [2.45, 2.75) is 38.6 Å². The van der Waals surface area contributed by atoms with E-state index in [1.165, 1.54) is 0 Å². The Labute approximate surface area is 98.8 Å². The molecule has 1 spiro atoms. The third-order valence-corrected chi connectivity index (χ3v) is 4.35. The van der Waals surface area contributed by atoms with Gasteiger partial charge in [-0.25, -0.2) is 4.79 Å². The number of aliphatic carboxylic acids is 1. The number of carbonyl (C=O) groups excluding carboxylic acids is 2. The Kier molecular flexibility index (Phi) is 2.41. The molecule has 0 unspecified atom stereocenters. The lowest BCUT2D eigenvalue weighted by Crippen LogP contribution is -2.56. The summed E-state index contributed by atoms with van der Waals surface area (Å²) in [5, 5.41) is 13.8. The zero-order valence-corrected chi connectivity index (χ0v) is 9.87. The predicted molar refractivity (Wildman–Crippen MR) is 58.2 cm³/mol. The fourth-order valence-electron chi connectivity index (χ4n) is 3.11. The summed E-state index contributed by atoms with van der Waals surface area (Å²) < 4.78 is 0. The van der Waals surface area contributed by atoms with Crippen LogP contribution in [0.25, 0.3) is 0 Å². The Morgan fingerprint density at radius 3 is 2.59 bits per heavy atom. The van der Waals surface area contributed by atoms with Crippen LogP contribution in [0.2, 0.25) is 0 Å². The average molecular weight is 240 g/mol. The van der Waals surface area contributed by atoms with Crippen LogP contribution < -0.4 is 10.6 Å². The molecule has 2 atom stereocenters. The molecule has 6 heteroatoms. The van der Waals surface area contributed by atoms with E-state index in [0.29, 0.717) is 12.8 Å². The van der Waals surface area contributed by atoms with E-state index in [2.05, 4.69) is 10.6 Å². The minimum atomic E-state index is -0.940. The van der Waals surface area contributed by atoms with Crippen LogP contribution in [0.4, 0.5) is 4.79 Å². The number of imide groups is 1. The molecule has 6 nitrogen and oxygen atoms in total. The second-order valence-corrected chi connectivity index (χ2v) is 5.37. The number of hydrogen-bond acceptors (Lipinski definition) is 3. The van der Waals surface area contributed by atoms with Gasteiger partial charge in [0, 0.05) is 11.8 Å². The van der Waals surface area contributed by atoms with Crippen LogP contribution in [0.15, 0.2) is 0 Å². The van der Waals surface area contributed by atoms with E-state index in [0.717, 1.165) is 0 Å². The first-order chi connectivity index (χ1) is 7.79. The van der Waals surface area contributed by atoms with Crippen molar-refractivity contribution in [3.63, 3.8) is 0 Å². The lowest BCUT2D eigenvalue weighted by atomic mass is 9.69. The van der Waals surface area contributed by atoms with Gasteiger partial charge >= 0.3 is 12.0 Å². The van der Waals surface area contributed by atoms with Gasteiger partial charge in [-0.15, -0.1) is 0 Å². The van der Waals surface area contributed by atoms with Crippen LogP contribution in [-0.2, 0) is 9.59 Å². The predicted octanol–water partition coefficient (Wildman–Crippen LogP) is 0.476. The van der Waals surface area contributed by atoms with Crippen molar-refractivity contribution in [2.24, 2.45) is 11.3 Å². The topological polar surface area (TPSA) is 95.5 Å². The molecular formula is C11H16N2O4. The third-order valence-electron chi connectivity index (χ3n) is 4.35. The monoisotopic (exact) mass is 240 g/mol. The molecule has 0 aromatic carbocycles. The van der Waals surface area contributed by atoms with Crippen molar-refractivity contribution < 1.29 is 19.5 Å². The van der Waals surface area contributed by atoms with E-state index in [1.54, 1.807) is 0 Å². The Balaban J connectivity index is 2.30. The molecule has 0 aromatic rings. The Morgan fingerprint density at radius 1 is 1.47 bits per heavy atom. The van der Waals surface area contributed by atoms with Crippen LogP contribution in [0.3, 0.4) is 0 Å². The second kappa shape index (κ2) is 3.45. The molecule has 94 valence electrons. The van der Waals surface area contributed by atoms with Gasteiger partial charge in [0.2, 0.25) is 0 Å². The van der Waals surface area contributed by atoms with Gasteiger partial charge in [-0.1, -0.05) is 13.8 Å². The van der Waals surface area contributed by atoms with Crippen LogP contribution >= 0.6 is 0 Å². The molecule has 0 aromatic heterocycles. The molecule has 1 saturated carbocycles. The maximum Gasteiger partial charge on any atom is 0.322 e. The summed E-state index contributed by atoms with van der Waals surface area (Å²) in [5.41, 5.74) is -1.49. The molecule has 1 heterocycles. The smallest absolute Gasteiger partial charge is 0.322 e. The van der Waals surface area contributed by atoms with Gasteiger partial charge in [-0.05, 0) is 18.8 Å². The molecule has 17 heavy (non-hydrogen) atoms.